The van der Waals surface area contributed by atoms with E-state index in [1.807, 2.05) is 6.92 Å². The van der Waals surface area contributed by atoms with Crippen LogP contribution in [0, 0.1) is 0 Å². The van der Waals surface area contributed by atoms with Crippen LogP contribution in [0.2, 0.25) is 0 Å². The molecule has 1 heterocycles. The van der Waals surface area contributed by atoms with Crippen LogP contribution in [-0.2, 0) is 10.0 Å². The number of hydrogen-bond acceptors (Lipinski definition) is 5. The summed E-state index contributed by atoms with van der Waals surface area (Å²) in [6.07, 6.45) is 2.68. The van der Waals surface area contributed by atoms with E-state index in [1.54, 1.807) is 12.1 Å². The number of benzene rings is 2. The van der Waals surface area contributed by atoms with Gasteiger partial charge in [0.05, 0.1) is 10.5 Å². The highest BCUT2D eigenvalue weighted by molar-refractivity contribution is 7.89. The first-order valence-corrected chi connectivity index (χ1v) is 10.7. The largest absolute Gasteiger partial charge is 0.423 e. The number of carbonyl (C=O) groups is 2. The van der Waals surface area contributed by atoms with Crippen molar-refractivity contribution in [2.24, 2.45) is 0 Å². The molecule has 0 aliphatic carbocycles. The minimum absolute atomic E-state index is 0.0610. The Labute approximate surface area is 165 Å². The van der Waals surface area contributed by atoms with Gasteiger partial charge in [0.25, 0.3) is 0 Å². The van der Waals surface area contributed by atoms with Crippen LogP contribution in [0.25, 0.3) is 0 Å². The average Bonchev–Trinajstić information content (AvgIpc) is 2.68. The van der Waals surface area contributed by atoms with Crippen molar-refractivity contribution in [3.63, 3.8) is 0 Å². The number of carbonyl (C=O) groups excluding carboxylic acids is 2. The minimum Gasteiger partial charge on any atom is -0.423 e. The number of rotatable bonds is 5. The lowest BCUT2D eigenvalue weighted by atomic mass is 10.1. The second kappa shape index (κ2) is 8.24. The number of sulfonamides is 1. The molecule has 1 atom stereocenters. The molecular weight excluding hydrogens is 378 g/mol. The summed E-state index contributed by atoms with van der Waals surface area (Å²) in [6, 6.07) is 12.1. The lowest BCUT2D eigenvalue weighted by molar-refractivity contribution is 0.0734. The molecule has 3 rings (SSSR count). The Hall–Kier alpha value is -2.51. The van der Waals surface area contributed by atoms with E-state index < -0.39 is 16.0 Å². The van der Waals surface area contributed by atoms with E-state index in [0.29, 0.717) is 12.1 Å². The van der Waals surface area contributed by atoms with E-state index in [4.69, 9.17) is 4.74 Å². The van der Waals surface area contributed by atoms with E-state index in [9.17, 15) is 18.0 Å². The maximum absolute atomic E-state index is 13.0. The van der Waals surface area contributed by atoms with E-state index in [2.05, 4.69) is 0 Å². The molecule has 0 unspecified atom stereocenters. The molecule has 2 aromatic rings. The quantitative estimate of drug-likeness (QED) is 0.434. The predicted molar refractivity (Wildman–Crippen MR) is 105 cm³/mol. The molecule has 0 saturated carbocycles. The van der Waals surface area contributed by atoms with Crippen molar-refractivity contribution in [3.05, 3.63) is 59.7 Å². The molecule has 0 radical (unpaired) electrons. The first kappa shape index (κ1) is 20.2. The van der Waals surface area contributed by atoms with Crippen molar-refractivity contribution in [3.8, 4) is 5.75 Å². The van der Waals surface area contributed by atoms with Gasteiger partial charge in [-0.25, -0.2) is 13.2 Å². The Morgan fingerprint density at radius 2 is 1.75 bits per heavy atom. The van der Waals surface area contributed by atoms with Gasteiger partial charge in [-0.1, -0.05) is 12.5 Å². The third-order valence-corrected chi connectivity index (χ3v) is 6.90. The summed E-state index contributed by atoms with van der Waals surface area (Å²) in [6.45, 7) is 3.84. The fraction of sp³-hybridized carbons (Fsp3) is 0.333. The zero-order valence-electron chi connectivity index (χ0n) is 15.9. The molecule has 0 amide bonds. The first-order valence-electron chi connectivity index (χ1n) is 9.24. The SMILES string of the molecule is CC(=O)c1ccc(OC(=O)c2cccc(S(=O)(=O)N3CCCC[C@@H]3C)c2)cc1. The van der Waals surface area contributed by atoms with Crippen molar-refractivity contribution in [2.45, 2.75) is 44.0 Å². The molecule has 2 aromatic carbocycles. The summed E-state index contributed by atoms with van der Waals surface area (Å²) in [7, 11) is -3.67. The van der Waals surface area contributed by atoms with Crippen LogP contribution < -0.4 is 4.74 Å². The summed E-state index contributed by atoms with van der Waals surface area (Å²) in [4.78, 5) is 23.9. The summed E-state index contributed by atoms with van der Waals surface area (Å²) in [5.74, 6) is -0.449. The normalized spacial score (nSPS) is 17.9. The summed E-state index contributed by atoms with van der Waals surface area (Å²) < 4.78 is 32.8. The third-order valence-electron chi connectivity index (χ3n) is 4.89. The fourth-order valence-corrected chi connectivity index (χ4v) is 5.02. The molecule has 28 heavy (non-hydrogen) atoms. The maximum atomic E-state index is 13.0. The first-order chi connectivity index (χ1) is 13.3. The van der Waals surface area contributed by atoms with Crippen molar-refractivity contribution >= 4 is 21.8 Å². The number of ketones is 1. The van der Waals surface area contributed by atoms with E-state index in [-0.39, 0.29) is 28.0 Å². The molecule has 0 N–H and O–H groups in total. The monoisotopic (exact) mass is 401 g/mol. The lowest BCUT2D eigenvalue weighted by Gasteiger charge is -2.32. The van der Waals surface area contributed by atoms with Gasteiger partial charge in [-0.15, -0.1) is 0 Å². The van der Waals surface area contributed by atoms with Crippen LogP contribution in [0.1, 0.15) is 53.8 Å². The Morgan fingerprint density at radius 1 is 1.04 bits per heavy atom. The molecule has 7 heteroatoms. The van der Waals surface area contributed by atoms with E-state index in [1.165, 1.54) is 47.6 Å². The fourth-order valence-electron chi connectivity index (χ4n) is 3.27. The van der Waals surface area contributed by atoms with Crippen LogP contribution in [0.3, 0.4) is 0 Å². The molecule has 1 fully saturated rings. The highest BCUT2D eigenvalue weighted by Crippen LogP contribution is 2.26. The molecule has 0 bridgehead atoms. The average molecular weight is 401 g/mol. The second-order valence-electron chi connectivity index (χ2n) is 6.96. The summed E-state index contributed by atoms with van der Waals surface area (Å²) in [5.41, 5.74) is 0.671. The molecule has 148 valence electrons. The van der Waals surface area contributed by atoms with Gasteiger partial charge < -0.3 is 4.74 Å². The van der Waals surface area contributed by atoms with Gasteiger partial charge in [-0.05, 0) is 69.2 Å². The minimum atomic E-state index is -3.67. The summed E-state index contributed by atoms with van der Waals surface area (Å²) >= 11 is 0. The number of Topliss-reactive ketones (excluding diaryl/α,β-unsaturated/α-hetero) is 1. The van der Waals surface area contributed by atoms with Gasteiger partial charge in [-0.3, -0.25) is 4.79 Å². The zero-order valence-corrected chi connectivity index (χ0v) is 16.7. The van der Waals surface area contributed by atoms with Crippen molar-refractivity contribution in [1.82, 2.24) is 4.31 Å². The predicted octanol–water partition coefficient (Wildman–Crippen LogP) is 3.67. The number of hydrogen-bond donors (Lipinski definition) is 0. The van der Waals surface area contributed by atoms with Crippen LogP contribution in [-0.4, -0.2) is 37.1 Å². The number of ether oxygens (including phenoxy) is 1. The van der Waals surface area contributed by atoms with Crippen LogP contribution in [0.5, 0.6) is 5.75 Å². The maximum Gasteiger partial charge on any atom is 0.343 e. The molecule has 0 spiro atoms. The topological polar surface area (TPSA) is 80.8 Å². The molecule has 0 aromatic heterocycles. The third kappa shape index (κ3) is 4.31. The molecule has 1 aliphatic heterocycles. The van der Waals surface area contributed by atoms with E-state index >= 15 is 0 Å². The highest BCUT2D eigenvalue weighted by atomic mass is 32.2. The Balaban J connectivity index is 1.80. The van der Waals surface area contributed by atoms with Crippen LogP contribution >= 0.6 is 0 Å². The lowest BCUT2D eigenvalue weighted by Crippen LogP contribution is -2.41. The van der Waals surface area contributed by atoms with Crippen molar-refractivity contribution in [1.29, 1.82) is 0 Å². The van der Waals surface area contributed by atoms with Gasteiger partial charge in [-0.2, -0.15) is 4.31 Å². The van der Waals surface area contributed by atoms with Gasteiger partial charge in [0, 0.05) is 18.2 Å². The highest BCUT2D eigenvalue weighted by Gasteiger charge is 2.31. The number of esters is 1. The molecule has 1 aliphatic rings. The standard InChI is InChI=1S/C21H23NO5S/c1-15-6-3-4-13-22(15)28(25,26)20-8-5-7-18(14-20)21(24)27-19-11-9-17(10-12-19)16(2)23/h5,7-12,14-15H,3-4,6,13H2,1-2H3/t15-/m0/s1. The summed E-state index contributed by atoms with van der Waals surface area (Å²) in [5, 5.41) is 0. The van der Waals surface area contributed by atoms with Gasteiger partial charge in [0.15, 0.2) is 5.78 Å². The Morgan fingerprint density at radius 3 is 2.39 bits per heavy atom. The Kier molecular flexibility index (Phi) is 5.96. The molecule has 1 saturated heterocycles. The Bertz CT molecular complexity index is 982. The van der Waals surface area contributed by atoms with Crippen LogP contribution in [0.4, 0.5) is 0 Å². The van der Waals surface area contributed by atoms with Crippen LogP contribution in [0.15, 0.2) is 53.4 Å². The van der Waals surface area contributed by atoms with E-state index in [0.717, 1.165) is 19.3 Å². The number of piperidine rings is 1. The zero-order chi connectivity index (χ0) is 20.3. The van der Waals surface area contributed by atoms with Crippen molar-refractivity contribution < 1.29 is 22.7 Å². The molecular formula is C21H23NO5S. The molecule has 6 nitrogen and oxygen atoms in total. The second-order valence-corrected chi connectivity index (χ2v) is 8.85. The van der Waals surface area contributed by atoms with Gasteiger partial charge >= 0.3 is 5.97 Å². The van der Waals surface area contributed by atoms with Gasteiger partial charge in [0.2, 0.25) is 10.0 Å². The smallest absolute Gasteiger partial charge is 0.343 e. The van der Waals surface area contributed by atoms with Gasteiger partial charge in [0.1, 0.15) is 5.75 Å². The van der Waals surface area contributed by atoms with Crippen molar-refractivity contribution in [2.75, 3.05) is 6.54 Å². The number of nitrogens with zero attached hydrogens (tertiary/aromatic N) is 1.